The van der Waals surface area contributed by atoms with E-state index in [1.54, 1.807) is 24.3 Å². The normalized spacial score (nSPS) is 11.2. The highest BCUT2D eigenvalue weighted by atomic mass is 32.2. The minimum Gasteiger partial charge on any atom is -0.384 e. The van der Waals surface area contributed by atoms with E-state index in [0.29, 0.717) is 22.8 Å². The smallest absolute Gasteiger partial charge is 0.250 e. The van der Waals surface area contributed by atoms with Crippen LogP contribution in [-0.4, -0.2) is 44.3 Å². The van der Waals surface area contributed by atoms with Gasteiger partial charge in [-0.15, -0.1) is 0 Å². The van der Waals surface area contributed by atoms with E-state index in [1.807, 2.05) is 0 Å². The molecular formula is C15H18N4O4S. The van der Waals surface area contributed by atoms with Crippen molar-refractivity contribution in [2.45, 2.75) is 5.75 Å². The van der Waals surface area contributed by atoms with Gasteiger partial charge in [0.2, 0.25) is 5.91 Å². The molecule has 2 aromatic rings. The number of ether oxygens (including phenoxy) is 1. The number of nitrogens with zero attached hydrogens (tertiary/aromatic N) is 2. The van der Waals surface area contributed by atoms with Gasteiger partial charge in [-0.25, -0.2) is 18.4 Å². The largest absolute Gasteiger partial charge is 0.384 e. The zero-order valence-electron chi connectivity index (χ0n) is 13.3. The van der Waals surface area contributed by atoms with Gasteiger partial charge >= 0.3 is 0 Å². The fraction of sp³-hybridized carbons (Fsp3) is 0.267. The van der Waals surface area contributed by atoms with E-state index in [9.17, 15) is 13.2 Å². The zero-order chi connectivity index (χ0) is 17.7. The zero-order valence-corrected chi connectivity index (χ0v) is 14.1. The fourth-order valence-corrected chi connectivity index (χ4v) is 2.71. The van der Waals surface area contributed by atoms with Crippen LogP contribution in [0.1, 0.15) is 5.69 Å². The second-order valence-corrected chi connectivity index (χ2v) is 7.38. The lowest BCUT2D eigenvalue weighted by Gasteiger charge is -2.07. The Balaban J connectivity index is 2.24. The van der Waals surface area contributed by atoms with Crippen LogP contribution in [0.5, 0.6) is 0 Å². The highest BCUT2D eigenvalue weighted by Crippen LogP contribution is 2.20. The molecule has 0 saturated carbocycles. The topological polar surface area (TPSA) is 124 Å². The third-order valence-electron chi connectivity index (χ3n) is 2.91. The minimum absolute atomic E-state index is 0.0328. The first-order valence-electron chi connectivity index (χ1n) is 6.97. The quantitative estimate of drug-likeness (QED) is 0.791. The lowest BCUT2D eigenvalue weighted by molar-refractivity contribution is -0.119. The number of hydrogen-bond donors (Lipinski definition) is 2. The van der Waals surface area contributed by atoms with Crippen LogP contribution in [0.2, 0.25) is 0 Å². The first kappa shape index (κ1) is 17.8. The predicted octanol–water partition coefficient (Wildman–Crippen LogP) is 0.855. The van der Waals surface area contributed by atoms with Crippen molar-refractivity contribution in [3.05, 3.63) is 36.0 Å². The second-order valence-electron chi connectivity index (χ2n) is 5.24. The van der Waals surface area contributed by atoms with Gasteiger partial charge in [-0.2, -0.15) is 0 Å². The van der Waals surface area contributed by atoms with Crippen LogP contribution in [0.4, 0.5) is 11.5 Å². The molecule has 0 unspecified atom stereocenters. The van der Waals surface area contributed by atoms with Crippen molar-refractivity contribution in [1.29, 1.82) is 0 Å². The summed E-state index contributed by atoms with van der Waals surface area (Å²) in [7, 11) is -1.79. The van der Waals surface area contributed by atoms with E-state index < -0.39 is 9.84 Å². The molecule has 0 spiro atoms. The SMILES string of the molecule is COCC(=O)Nc1ccc(-c2nc(N)cc(CS(C)(=O)=O)n2)cc1. The van der Waals surface area contributed by atoms with Gasteiger partial charge in [0.25, 0.3) is 0 Å². The van der Waals surface area contributed by atoms with Crippen LogP contribution in [-0.2, 0) is 25.1 Å². The lowest BCUT2D eigenvalue weighted by Crippen LogP contribution is -2.16. The molecule has 0 atom stereocenters. The van der Waals surface area contributed by atoms with Crippen molar-refractivity contribution >= 4 is 27.2 Å². The Morgan fingerprint density at radius 1 is 1.25 bits per heavy atom. The average molecular weight is 350 g/mol. The molecule has 0 radical (unpaired) electrons. The maximum Gasteiger partial charge on any atom is 0.250 e. The van der Waals surface area contributed by atoms with E-state index in [0.717, 1.165) is 6.26 Å². The van der Waals surface area contributed by atoms with Crippen molar-refractivity contribution in [3.8, 4) is 11.4 Å². The molecule has 3 N–H and O–H groups in total. The first-order valence-corrected chi connectivity index (χ1v) is 9.03. The summed E-state index contributed by atoms with van der Waals surface area (Å²) < 4.78 is 27.6. The number of hydrogen-bond acceptors (Lipinski definition) is 7. The van der Waals surface area contributed by atoms with E-state index in [-0.39, 0.29) is 24.1 Å². The van der Waals surface area contributed by atoms with E-state index in [1.165, 1.54) is 13.2 Å². The summed E-state index contributed by atoms with van der Waals surface area (Å²) in [5.74, 6) is 0.0400. The van der Waals surface area contributed by atoms with Gasteiger partial charge in [-0.3, -0.25) is 4.79 Å². The highest BCUT2D eigenvalue weighted by Gasteiger charge is 2.11. The number of aromatic nitrogens is 2. The number of carbonyl (C=O) groups is 1. The number of nitrogens with two attached hydrogens (primary N) is 1. The van der Waals surface area contributed by atoms with Gasteiger partial charge in [0.15, 0.2) is 15.7 Å². The third-order valence-corrected chi connectivity index (χ3v) is 3.73. The molecule has 9 heteroatoms. The molecular weight excluding hydrogens is 332 g/mol. The summed E-state index contributed by atoms with van der Waals surface area (Å²) in [6.07, 6.45) is 1.13. The van der Waals surface area contributed by atoms with Crippen LogP contribution in [0.15, 0.2) is 30.3 Å². The number of methoxy groups -OCH3 is 1. The molecule has 1 amide bonds. The van der Waals surface area contributed by atoms with E-state index in [2.05, 4.69) is 15.3 Å². The van der Waals surface area contributed by atoms with Gasteiger partial charge in [-0.1, -0.05) is 0 Å². The van der Waals surface area contributed by atoms with E-state index >= 15 is 0 Å². The van der Waals surface area contributed by atoms with Crippen LogP contribution in [0.25, 0.3) is 11.4 Å². The van der Waals surface area contributed by atoms with Gasteiger partial charge in [-0.05, 0) is 24.3 Å². The molecule has 1 heterocycles. The Morgan fingerprint density at radius 3 is 2.50 bits per heavy atom. The van der Waals surface area contributed by atoms with Crippen molar-refractivity contribution in [2.75, 3.05) is 31.0 Å². The summed E-state index contributed by atoms with van der Waals surface area (Å²) >= 11 is 0. The number of rotatable bonds is 6. The molecule has 1 aromatic carbocycles. The van der Waals surface area contributed by atoms with Gasteiger partial charge in [0.05, 0.1) is 11.4 Å². The summed E-state index contributed by atoms with van der Waals surface area (Å²) in [6.45, 7) is -0.0328. The lowest BCUT2D eigenvalue weighted by atomic mass is 10.2. The van der Waals surface area contributed by atoms with Gasteiger partial charge < -0.3 is 15.8 Å². The first-order chi connectivity index (χ1) is 11.3. The summed E-state index contributed by atoms with van der Waals surface area (Å²) in [4.78, 5) is 19.8. The maximum absolute atomic E-state index is 11.5. The number of amides is 1. The van der Waals surface area contributed by atoms with Crippen LogP contribution >= 0.6 is 0 Å². The molecule has 0 aliphatic rings. The van der Waals surface area contributed by atoms with Gasteiger partial charge in [0.1, 0.15) is 12.4 Å². The number of carbonyl (C=O) groups excluding carboxylic acids is 1. The van der Waals surface area contributed by atoms with Crippen molar-refractivity contribution in [3.63, 3.8) is 0 Å². The third kappa shape index (κ3) is 5.28. The average Bonchev–Trinajstić information content (AvgIpc) is 2.45. The Morgan fingerprint density at radius 2 is 1.92 bits per heavy atom. The van der Waals surface area contributed by atoms with Crippen LogP contribution in [0.3, 0.4) is 0 Å². The Labute approximate surface area is 140 Å². The summed E-state index contributed by atoms with van der Waals surface area (Å²) in [6, 6.07) is 8.23. The second kappa shape index (κ2) is 7.37. The molecule has 8 nitrogen and oxygen atoms in total. The number of nitrogens with one attached hydrogen (secondary N) is 1. The molecule has 0 saturated heterocycles. The number of sulfone groups is 1. The number of benzene rings is 1. The van der Waals surface area contributed by atoms with Crippen molar-refractivity contribution in [1.82, 2.24) is 9.97 Å². The molecule has 0 aliphatic heterocycles. The van der Waals surface area contributed by atoms with Crippen LogP contribution < -0.4 is 11.1 Å². The van der Waals surface area contributed by atoms with Crippen LogP contribution in [0, 0.1) is 0 Å². The molecule has 0 bridgehead atoms. The summed E-state index contributed by atoms with van der Waals surface area (Å²) in [5.41, 5.74) is 7.31. The monoisotopic (exact) mass is 350 g/mol. The molecule has 1 aromatic heterocycles. The van der Waals surface area contributed by atoms with E-state index in [4.69, 9.17) is 10.5 Å². The highest BCUT2D eigenvalue weighted by molar-refractivity contribution is 7.89. The Kier molecular flexibility index (Phi) is 5.47. The number of anilines is 2. The molecule has 128 valence electrons. The predicted molar refractivity (Wildman–Crippen MR) is 90.9 cm³/mol. The molecule has 0 fully saturated rings. The summed E-state index contributed by atoms with van der Waals surface area (Å²) in [5, 5.41) is 2.67. The Hall–Kier alpha value is -2.52. The minimum atomic E-state index is -3.22. The Bertz CT molecular complexity index is 835. The maximum atomic E-state index is 11.5. The fourth-order valence-electron chi connectivity index (χ4n) is 2.02. The molecule has 0 aliphatic carbocycles. The van der Waals surface area contributed by atoms with Gasteiger partial charge in [0, 0.05) is 30.7 Å². The molecule has 24 heavy (non-hydrogen) atoms. The van der Waals surface area contributed by atoms with Crippen molar-refractivity contribution in [2.24, 2.45) is 0 Å². The number of nitrogen functional groups attached to an aromatic ring is 1. The standard InChI is InChI=1S/C15H18N4O4S/c1-23-8-14(20)17-11-5-3-10(4-6-11)15-18-12(7-13(16)19-15)9-24(2,21)22/h3-7H,8-9H2,1-2H3,(H,17,20)(H2,16,18,19). The molecule has 2 rings (SSSR count). The van der Waals surface area contributed by atoms with Crippen molar-refractivity contribution < 1.29 is 17.9 Å².